The first-order valence-corrected chi connectivity index (χ1v) is 3.02. The molecule has 0 heterocycles. The fourth-order valence-electron chi connectivity index (χ4n) is 0.704. The number of hydrogen-bond donors (Lipinski definition) is 0. The van der Waals surface area contributed by atoms with Crippen LogP contribution in [0.2, 0.25) is 0 Å². The molecule has 0 aliphatic heterocycles. The molecule has 0 bridgehead atoms. The number of methoxy groups -OCH3 is 1. The zero-order valence-electron chi connectivity index (χ0n) is 5.98. The quantitative estimate of drug-likeness (QED) is 0.369. The molecule has 0 amide bonds. The summed E-state index contributed by atoms with van der Waals surface area (Å²) < 4.78 is 4.83. The van der Waals surface area contributed by atoms with Crippen molar-refractivity contribution >= 4 is 5.69 Å². The second-order valence-corrected chi connectivity index (χ2v) is 1.96. The normalized spacial score (nSPS) is 9.18. The molecular formula is C7H7NO3. The largest absolute Gasteiger partial charge is 0.497 e. The minimum absolute atomic E-state index is 0.0748. The first-order chi connectivity index (χ1) is 5.24. The van der Waals surface area contributed by atoms with Crippen LogP contribution in [0.5, 0.6) is 5.75 Å². The van der Waals surface area contributed by atoms with Crippen molar-refractivity contribution in [2.75, 3.05) is 7.11 Å². The van der Waals surface area contributed by atoms with E-state index in [0.717, 1.165) is 0 Å². The van der Waals surface area contributed by atoms with Gasteiger partial charge >= 0.3 is 0 Å². The summed E-state index contributed by atoms with van der Waals surface area (Å²) in [6.45, 7) is 0. The Morgan fingerprint density at radius 2 is 1.91 bits per heavy atom. The van der Waals surface area contributed by atoms with Gasteiger partial charge in [0.05, 0.1) is 12.0 Å². The molecular weight excluding hydrogens is 147 g/mol. The fourth-order valence-corrected chi connectivity index (χ4v) is 0.704. The van der Waals surface area contributed by atoms with Gasteiger partial charge in [0.25, 0.3) is 5.69 Å². The third-order valence-corrected chi connectivity index (χ3v) is 1.28. The summed E-state index contributed by atoms with van der Waals surface area (Å²) in [6, 6.07) is 5.91. The van der Waals surface area contributed by atoms with Crippen molar-refractivity contribution in [1.29, 1.82) is 0 Å². The zero-order valence-corrected chi connectivity index (χ0v) is 5.98. The first kappa shape index (κ1) is 7.53. The number of non-ortho nitro benzene ring substituents is 1. The molecule has 1 aromatic rings. The van der Waals surface area contributed by atoms with E-state index in [0.29, 0.717) is 5.75 Å². The molecule has 0 aromatic heterocycles. The van der Waals surface area contributed by atoms with Crippen LogP contribution in [0.4, 0.5) is 5.69 Å². The summed E-state index contributed by atoms with van der Waals surface area (Å²) in [7, 11) is 1.52. The molecule has 4 nitrogen and oxygen atoms in total. The van der Waals surface area contributed by atoms with Gasteiger partial charge in [-0.05, 0) is 12.1 Å². The molecule has 11 heavy (non-hydrogen) atoms. The van der Waals surface area contributed by atoms with Crippen LogP contribution in [0, 0.1) is 10.1 Å². The lowest BCUT2D eigenvalue weighted by Gasteiger charge is -1.96. The van der Waals surface area contributed by atoms with E-state index in [2.05, 4.69) is 0 Å². The summed E-state index contributed by atoms with van der Waals surface area (Å²) in [5.74, 6) is 0.621. The number of nitrogens with zero attached hydrogens (tertiary/aromatic N) is 1. The van der Waals surface area contributed by atoms with Gasteiger partial charge in [-0.1, -0.05) is 0 Å². The van der Waals surface area contributed by atoms with E-state index in [9.17, 15) is 10.1 Å². The first-order valence-electron chi connectivity index (χ1n) is 3.02. The smallest absolute Gasteiger partial charge is 0.269 e. The molecule has 0 atom stereocenters. The Morgan fingerprint density at radius 3 is 2.27 bits per heavy atom. The number of benzene rings is 1. The predicted octanol–water partition coefficient (Wildman–Crippen LogP) is 1.60. The fraction of sp³-hybridized carbons (Fsp3) is 0.143. The van der Waals surface area contributed by atoms with Gasteiger partial charge in [0.1, 0.15) is 5.75 Å². The lowest BCUT2D eigenvalue weighted by atomic mass is 10.3. The Bertz CT molecular complexity index is 255. The average molecular weight is 154 g/mol. The zero-order chi connectivity index (χ0) is 8.27. The molecule has 0 N–H and O–H groups in total. The van der Waals surface area contributed by atoms with Gasteiger partial charge in [0.2, 0.25) is 0 Å². The highest BCUT2D eigenvalue weighted by molar-refractivity contribution is 5.35. The molecule has 0 unspecified atom stereocenters. The number of nitro groups is 1. The molecule has 0 aliphatic carbocycles. The highest BCUT2D eigenvalue weighted by Gasteiger charge is 2.02. The van der Waals surface area contributed by atoms with Crippen molar-refractivity contribution in [1.82, 2.24) is 0 Å². The summed E-state index contributed by atoms with van der Waals surface area (Å²) in [4.78, 5) is 9.72. The Morgan fingerprint density at radius 1 is 1.36 bits per heavy atom. The molecule has 0 radical (unpaired) electrons. The van der Waals surface area contributed by atoms with Gasteiger partial charge < -0.3 is 4.74 Å². The molecule has 0 saturated carbocycles. The maximum atomic E-state index is 10.2. The van der Waals surface area contributed by atoms with E-state index in [1.165, 1.54) is 19.2 Å². The van der Waals surface area contributed by atoms with Gasteiger partial charge in [-0.2, -0.15) is 0 Å². The van der Waals surface area contributed by atoms with Gasteiger partial charge in [0.15, 0.2) is 0 Å². The van der Waals surface area contributed by atoms with Crippen LogP contribution in [0.25, 0.3) is 0 Å². The molecule has 1 rings (SSSR count). The van der Waals surface area contributed by atoms with E-state index >= 15 is 0 Å². The van der Waals surface area contributed by atoms with Crippen molar-refractivity contribution in [3.05, 3.63) is 34.4 Å². The molecule has 58 valence electrons. The van der Waals surface area contributed by atoms with Crippen molar-refractivity contribution in [3.8, 4) is 5.75 Å². The van der Waals surface area contributed by atoms with E-state index in [-0.39, 0.29) is 5.69 Å². The predicted molar refractivity (Wildman–Crippen MR) is 39.6 cm³/mol. The minimum atomic E-state index is -0.445. The standard InChI is InChI=1S/C7H7NO3/c1-11-7-4-2-6(3-5-7)8(9)10/h2-5H,1H3/i8+1. The number of nitro benzene ring substituents is 1. The van der Waals surface area contributed by atoms with Crippen LogP contribution in [-0.4, -0.2) is 12.0 Å². The second kappa shape index (κ2) is 3.01. The topological polar surface area (TPSA) is 52.4 Å². The maximum absolute atomic E-state index is 10.2. The molecule has 0 spiro atoms. The van der Waals surface area contributed by atoms with Gasteiger partial charge in [-0.3, -0.25) is 10.1 Å². The van der Waals surface area contributed by atoms with Crippen LogP contribution in [0.1, 0.15) is 0 Å². The molecule has 0 fully saturated rings. The SMILES string of the molecule is COc1ccc([15N+](=O)[O-])cc1. The number of ether oxygens (including phenoxy) is 1. The van der Waals surface area contributed by atoms with Crippen molar-refractivity contribution < 1.29 is 9.66 Å². The monoisotopic (exact) mass is 154 g/mol. The number of rotatable bonds is 2. The van der Waals surface area contributed by atoms with E-state index in [4.69, 9.17) is 4.74 Å². The van der Waals surface area contributed by atoms with Crippen LogP contribution in [0.15, 0.2) is 24.3 Å². The van der Waals surface area contributed by atoms with Crippen molar-refractivity contribution in [2.24, 2.45) is 0 Å². The molecule has 4 heteroatoms. The van der Waals surface area contributed by atoms with Crippen LogP contribution in [0.3, 0.4) is 0 Å². The van der Waals surface area contributed by atoms with Gasteiger partial charge in [-0.25, -0.2) is 0 Å². The lowest BCUT2D eigenvalue weighted by molar-refractivity contribution is -0.384. The molecule has 0 saturated heterocycles. The summed E-state index contributed by atoms with van der Waals surface area (Å²) in [5.41, 5.74) is 0.0748. The lowest BCUT2D eigenvalue weighted by Crippen LogP contribution is -1.87. The van der Waals surface area contributed by atoms with Crippen molar-refractivity contribution in [2.45, 2.75) is 0 Å². The van der Waals surface area contributed by atoms with E-state index in [1.807, 2.05) is 0 Å². The Balaban J connectivity index is 2.91. The Kier molecular flexibility index (Phi) is 2.06. The highest BCUT2D eigenvalue weighted by Crippen LogP contribution is 2.16. The second-order valence-electron chi connectivity index (χ2n) is 1.96. The summed E-state index contributed by atoms with van der Waals surface area (Å²) in [5, 5.41) is 10.2. The van der Waals surface area contributed by atoms with E-state index < -0.39 is 4.92 Å². The third-order valence-electron chi connectivity index (χ3n) is 1.28. The minimum Gasteiger partial charge on any atom is -0.497 e. The Labute approximate surface area is 63.6 Å². The van der Waals surface area contributed by atoms with Crippen molar-refractivity contribution in [3.63, 3.8) is 0 Å². The van der Waals surface area contributed by atoms with E-state index in [1.54, 1.807) is 12.1 Å². The van der Waals surface area contributed by atoms with Gasteiger partial charge in [-0.15, -0.1) is 0 Å². The third kappa shape index (κ3) is 1.67. The maximum Gasteiger partial charge on any atom is 0.269 e. The summed E-state index contributed by atoms with van der Waals surface area (Å²) >= 11 is 0. The molecule has 1 aromatic carbocycles. The average Bonchev–Trinajstić information content (AvgIpc) is 2.05. The highest BCUT2D eigenvalue weighted by atomic mass is 16.9. The van der Waals surface area contributed by atoms with Gasteiger partial charge in [0, 0.05) is 12.1 Å². The molecule has 0 aliphatic rings. The number of hydrogen-bond acceptors (Lipinski definition) is 3. The van der Waals surface area contributed by atoms with Crippen LogP contribution >= 0.6 is 0 Å². The van der Waals surface area contributed by atoms with Crippen LogP contribution < -0.4 is 4.74 Å². The van der Waals surface area contributed by atoms with Crippen LogP contribution in [-0.2, 0) is 0 Å². The Hall–Kier alpha value is -1.58. The summed E-state index contributed by atoms with van der Waals surface area (Å²) in [6.07, 6.45) is 0.